The highest BCUT2D eigenvalue weighted by Crippen LogP contribution is 2.33. The minimum atomic E-state index is -0.302. The number of halogens is 2. The molecule has 0 unspecified atom stereocenters. The molecule has 0 atom stereocenters. The number of fused-ring (bicyclic) bond motifs is 2. The lowest BCUT2D eigenvalue weighted by atomic mass is 10.0. The number of hydrogen-bond acceptors (Lipinski definition) is 2. The van der Waals surface area contributed by atoms with Crippen molar-refractivity contribution in [3.8, 4) is 0 Å². The van der Waals surface area contributed by atoms with E-state index in [4.69, 9.17) is 23.2 Å². The monoisotopic (exact) mass is 500 g/mol. The predicted octanol–water partition coefficient (Wildman–Crippen LogP) is 7.31. The molecule has 0 spiro atoms. The van der Waals surface area contributed by atoms with Crippen LogP contribution in [0.25, 0.3) is 0 Å². The molecule has 0 fully saturated rings. The first kappa shape index (κ1) is 23.2. The molecular weight excluding hydrogens is 479 g/mol. The Morgan fingerprint density at radius 3 is 2.31 bits per heavy atom. The summed E-state index contributed by atoms with van der Waals surface area (Å²) in [6.07, 6.45) is 0.711. The summed E-state index contributed by atoms with van der Waals surface area (Å²) < 4.78 is 0. The van der Waals surface area contributed by atoms with E-state index in [1.54, 1.807) is 41.3 Å². The minimum Gasteiger partial charge on any atom is -0.322 e. The van der Waals surface area contributed by atoms with E-state index in [0.29, 0.717) is 39.8 Å². The fourth-order valence-electron chi connectivity index (χ4n) is 4.34. The number of nitrogens with zero attached hydrogens (tertiary/aromatic N) is 1. The summed E-state index contributed by atoms with van der Waals surface area (Å²) in [6, 6.07) is 26.0. The van der Waals surface area contributed by atoms with Crippen molar-refractivity contribution in [3.63, 3.8) is 0 Å². The zero-order chi connectivity index (χ0) is 24.5. The molecule has 4 aromatic rings. The van der Waals surface area contributed by atoms with Crippen molar-refractivity contribution in [2.75, 3.05) is 10.2 Å². The smallest absolute Gasteiger partial charge is 0.258 e. The van der Waals surface area contributed by atoms with E-state index in [1.165, 1.54) is 5.56 Å². The average Bonchev–Trinajstić information content (AvgIpc) is 3.00. The van der Waals surface area contributed by atoms with Crippen molar-refractivity contribution < 1.29 is 9.59 Å². The maximum Gasteiger partial charge on any atom is 0.258 e. The van der Waals surface area contributed by atoms with Gasteiger partial charge in [-0.1, -0.05) is 53.5 Å². The van der Waals surface area contributed by atoms with Crippen LogP contribution in [0.1, 0.15) is 43.0 Å². The zero-order valence-corrected chi connectivity index (χ0v) is 20.5. The van der Waals surface area contributed by atoms with Gasteiger partial charge in [0.25, 0.3) is 11.8 Å². The number of anilines is 2. The second-order valence-corrected chi connectivity index (χ2v) is 9.47. The molecule has 174 valence electrons. The number of hydrogen-bond donors (Lipinski definition) is 1. The minimum absolute atomic E-state index is 0.121. The summed E-state index contributed by atoms with van der Waals surface area (Å²) in [5, 5.41) is 3.89. The maximum absolute atomic E-state index is 13.6. The number of amides is 2. The van der Waals surface area contributed by atoms with Gasteiger partial charge >= 0.3 is 0 Å². The Bertz CT molecular complexity index is 1450. The SMILES string of the molecule is Cc1ccc(C(=O)Nc2ccc(C(=O)N3Cc4ccccc4Cc4cc(Cl)ccc43)cc2)c(Cl)c1. The highest BCUT2D eigenvalue weighted by molar-refractivity contribution is 6.34. The van der Waals surface area contributed by atoms with Gasteiger partial charge in [0.15, 0.2) is 0 Å². The van der Waals surface area contributed by atoms with Crippen LogP contribution >= 0.6 is 23.2 Å². The van der Waals surface area contributed by atoms with Gasteiger partial charge in [-0.25, -0.2) is 0 Å². The quantitative estimate of drug-likeness (QED) is 0.320. The number of carbonyl (C=O) groups is 2. The second-order valence-electron chi connectivity index (χ2n) is 8.62. The topological polar surface area (TPSA) is 49.4 Å². The summed E-state index contributed by atoms with van der Waals surface area (Å²) in [5.41, 5.74) is 6.63. The summed E-state index contributed by atoms with van der Waals surface area (Å²) >= 11 is 12.5. The van der Waals surface area contributed by atoms with E-state index in [1.807, 2.05) is 43.3 Å². The number of aryl methyl sites for hydroxylation is 1. The van der Waals surface area contributed by atoms with Gasteiger partial charge in [0.05, 0.1) is 17.1 Å². The molecule has 0 radical (unpaired) electrons. The van der Waals surface area contributed by atoms with Crippen molar-refractivity contribution >= 4 is 46.4 Å². The van der Waals surface area contributed by atoms with E-state index in [0.717, 1.165) is 22.4 Å². The van der Waals surface area contributed by atoms with E-state index in [9.17, 15) is 9.59 Å². The highest BCUT2D eigenvalue weighted by Gasteiger charge is 2.25. The molecule has 1 aliphatic rings. The average molecular weight is 501 g/mol. The molecule has 35 heavy (non-hydrogen) atoms. The van der Waals surface area contributed by atoms with E-state index >= 15 is 0 Å². The van der Waals surface area contributed by atoms with E-state index in [2.05, 4.69) is 17.4 Å². The van der Waals surface area contributed by atoms with Crippen molar-refractivity contribution in [3.05, 3.63) is 128 Å². The summed E-state index contributed by atoms with van der Waals surface area (Å²) in [7, 11) is 0. The molecular formula is C29H22Cl2N2O2. The Hall–Kier alpha value is -3.60. The Morgan fingerprint density at radius 1 is 0.829 bits per heavy atom. The molecule has 4 nitrogen and oxygen atoms in total. The fourth-order valence-corrected chi connectivity index (χ4v) is 4.86. The lowest BCUT2D eigenvalue weighted by Gasteiger charge is -2.24. The second kappa shape index (κ2) is 9.57. The first-order chi connectivity index (χ1) is 16.9. The van der Waals surface area contributed by atoms with Crippen LogP contribution < -0.4 is 10.2 Å². The molecule has 5 rings (SSSR count). The maximum atomic E-state index is 13.6. The molecule has 6 heteroatoms. The normalized spacial score (nSPS) is 12.4. The molecule has 1 heterocycles. The Balaban J connectivity index is 1.41. The molecule has 0 bridgehead atoms. The van der Waals surface area contributed by atoms with Gasteiger partial charge < -0.3 is 10.2 Å². The fraction of sp³-hybridized carbons (Fsp3) is 0.103. The van der Waals surface area contributed by atoms with Crippen LogP contribution in [0.3, 0.4) is 0 Å². The van der Waals surface area contributed by atoms with Crippen LogP contribution in [0.5, 0.6) is 0 Å². The van der Waals surface area contributed by atoms with Crippen molar-refractivity contribution in [1.82, 2.24) is 0 Å². The zero-order valence-electron chi connectivity index (χ0n) is 19.0. The third-order valence-corrected chi connectivity index (χ3v) is 6.71. The van der Waals surface area contributed by atoms with Crippen molar-refractivity contribution in [2.24, 2.45) is 0 Å². The summed E-state index contributed by atoms with van der Waals surface area (Å²) in [5.74, 6) is -0.422. The Morgan fingerprint density at radius 2 is 1.57 bits per heavy atom. The van der Waals surface area contributed by atoms with Crippen LogP contribution in [0, 0.1) is 6.92 Å². The largest absolute Gasteiger partial charge is 0.322 e. The highest BCUT2D eigenvalue weighted by atomic mass is 35.5. The van der Waals surface area contributed by atoms with Gasteiger partial charge in [-0.2, -0.15) is 0 Å². The third kappa shape index (κ3) is 4.81. The number of rotatable bonds is 3. The number of carbonyl (C=O) groups excluding carboxylic acids is 2. The van der Waals surface area contributed by atoms with Gasteiger partial charge in [0.2, 0.25) is 0 Å². The number of benzene rings is 4. The van der Waals surface area contributed by atoms with Crippen LogP contribution in [0.15, 0.2) is 84.9 Å². The molecule has 0 saturated carbocycles. The Kier molecular flexibility index (Phi) is 6.33. The van der Waals surface area contributed by atoms with Gasteiger partial charge in [-0.05, 0) is 90.2 Å². The van der Waals surface area contributed by atoms with E-state index in [-0.39, 0.29) is 11.8 Å². The molecule has 0 saturated heterocycles. The molecule has 0 aromatic heterocycles. The van der Waals surface area contributed by atoms with Crippen LogP contribution in [0.4, 0.5) is 11.4 Å². The molecule has 4 aromatic carbocycles. The predicted molar refractivity (Wildman–Crippen MR) is 142 cm³/mol. The molecule has 0 aliphatic carbocycles. The standard InChI is InChI=1S/C29H22Cl2N2O2/c1-18-6-12-25(26(31)14-18)28(34)32-24-10-7-19(8-11-24)29(35)33-17-21-5-3-2-4-20(21)15-22-16-23(30)9-13-27(22)33/h2-14,16H,15,17H2,1H3,(H,32,34). The lowest BCUT2D eigenvalue weighted by Crippen LogP contribution is -2.30. The van der Waals surface area contributed by atoms with Crippen molar-refractivity contribution in [2.45, 2.75) is 19.9 Å². The van der Waals surface area contributed by atoms with Gasteiger partial charge in [0.1, 0.15) is 0 Å². The first-order valence-electron chi connectivity index (χ1n) is 11.2. The summed E-state index contributed by atoms with van der Waals surface area (Å²) in [6.45, 7) is 2.38. The van der Waals surface area contributed by atoms with Gasteiger partial charge in [-0.3, -0.25) is 9.59 Å². The number of nitrogens with one attached hydrogen (secondary N) is 1. The van der Waals surface area contributed by atoms with Crippen LogP contribution in [-0.4, -0.2) is 11.8 Å². The Labute approximate surface area is 214 Å². The van der Waals surface area contributed by atoms with Crippen LogP contribution in [-0.2, 0) is 13.0 Å². The molecule has 1 aliphatic heterocycles. The van der Waals surface area contributed by atoms with Crippen molar-refractivity contribution in [1.29, 1.82) is 0 Å². The lowest BCUT2D eigenvalue weighted by molar-refractivity contribution is 0.0984. The van der Waals surface area contributed by atoms with Crippen LogP contribution in [0.2, 0.25) is 10.0 Å². The molecule has 1 N–H and O–H groups in total. The van der Waals surface area contributed by atoms with Gasteiger partial charge in [0, 0.05) is 22.0 Å². The summed E-state index contributed by atoms with van der Waals surface area (Å²) in [4.78, 5) is 28.1. The molecule has 2 amide bonds. The third-order valence-electron chi connectivity index (χ3n) is 6.16. The van der Waals surface area contributed by atoms with E-state index < -0.39 is 0 Å². The van der Waals surface area contributed by atoms with Gasteiger partial charge in [-0.15, -0.1) is 0 Å². The first-order valence-corrected chi connectivity index (χ1v) is 12.0.